The third-order valence-electron chi connectivity index (χ3n) is 2.63. The van der Waals surface area contributed by atoms with Crippen molar-refractivity contribution in [1.82, 2.24) is 0 Å². The molecular weight excluding hydrogens is 358 g/mol. The van der Waals surface area contributed by atoms with E-state index in [0.29, 0.717) is 10.0 Å². The van der Waals surface area contributed by atoms with E-state index in [2.05, 4.69) is 20.7 Å². The van der Waals surface area contributed by atoms with Gasteiger partial charge in [0.2, 0.25) is 0 Å². The van der Waals surface area contributed by atoms with Gasteiger partial charge in [-0.2, -0.15) is 0 Å². The van der Waals surface area contributed by atoms with Gasteiger partial charge in [0.05, 0.1) is 22.1 Å². The highest BCUT2D eigenvalue weighted by Gasteiger charge is 2.12. The summed E-state index contributed by atoms with van der Waals surface area (Å²) in [5.41, 5.74) is 0.507. The second-order valence-electron chi connectivity index (χ2n) is 3.99. The van der Waals surface area contributed by atoms with Crippen molar-refractivity contribution in [3.63, 3.8) is 0 Å². The van der Waals surface area contributed by atoms with E-state index in [-0.39, 0.29) is 11.7 Å². The van der Waals surface area contributed by atoms with Crippen LogP contribution in [0.2, 0.25) is 0 Å². The summed E-state index contributed by atoms with van der Waals surface area (Å²) in [5.74, 6) is -0.385. The molecule has 0 fully saturated rings. The molecule has 0 aromatic heterocycles. The fourth-order valence-corrected chi connectivity index (χ4v) is 3.14. The van der Waals surface area contributed by atoms with Gasteiger partial charge in [-0.15, -0.1) is 0 Å². The van der Waals surface area contributed by atoms with Crippen molar-refractivity contribution in [1.29, 1.82) is 0 Å². The lowest BCUT2D eigenvalue weighted by Gasteiger charge is -2.04. The lowest BCUT2D eigenvalue weighted by atomic mass is 10.2. The van der Waals surface area contributed by atoms with Gasteiger partial charge in [-0.1, -0.05) is 11.8 Å². The molecule has 0 atom stereocenters. The molecule has 2 aromatic rings. The zero-order chi connectivity index (χ0) is 15.4. The minimum Gasteiger partial charge on any atom is -0.465 e. The fourth-order valence-electron chi connectivity index (χ4n) is 1.61. The Labute approximate surface area is 133 Å². The first-order valence-corrected chi connectivity index (χ1v) is 7.42. The maximum absolute atomic E-state index is 11.3. The second-order valence-corrected chi connectivity index (χ2v) is 5.99. The van der Waals surface area contributed by atoms with Crippen LogP contribution in [-0.2, 0) is 4.74 Å². The topological polar surface area (TPSA) is 69.4 Å². The average Bonchev–Trinajstić information content (AvgIpc) is 2.47. The van der Waals surface area contributed by atoms with E-state index >= 15 is 0 Å². The van der Waals surface area contributed by atoms with Gasteiger partial charge in [0, 0.05) is 15.9 Å². The lowest BCUT2D eigenvalue weighted by molar-refractivity contribution is -0.385. The van der Waals surface area contributed by atoms with Crippen molar-refractivity contribution < 1.29 is 14.5 Å². The van der Waals surface area contributed by atoms with Crippen LogP contribution in [0.4, 0.5) is 5.69 Å². The largest absolute Gasteiger partial charge is 0.465 e. The number of methoxy groups -OCH3 is 1. The van der Waals surface area contributed by atoms with Crippen molar-refractivity contribution in [2.45, 2.75) is 9.79 Å². The number of esters is 1. The molecule has 0 saturated heterocycles. The molecule has 0 aliphatic rings. The van der Waals surface area contributed by atoms with Crippen LogP contribution in [0.5, 0.6) is 0 Å². The van der Waals surface area contributed by atoms with Crippen molar-refractivity contribution in [2.75, 3.05) is 7.11 Å². The predicted octanol–water partition coefficient (Wildman–Crippen LogP) is 4.30. The van der Waals surface area contributed by atoms with Crippen LogP contribution in [-0.4, -0.2) is 18.0 Å². The third kappa shape index (κ3) is 3.83. The molecule has 0 bridgehead atoms. The summed E-state index contributed by atoms with van der Waals surface area (Å²) < 4.78 is 5.06. The van der Waals surface area contributed by atoms with Crippen LogP contribution >= 0.6 is 27.7 Å². The van der Waals surface area contributed by atoms with Gasteiger partial charge in [0.15, 0.2) is 0 Å². The Balaban J connectivity index is 2.17. The summed E-state index contributed by atoms with van der Waals surface area (Å²) in [6.45, 7) is 0. The number of halogens is 1. The molecular formula is C14H10BrNO4S. The molecule has 0 N–H and O–H groups in total. The molecule has 0 heterocycles. The highest BCUT2D eigenvalue weighted by atomic mass is 79.9. The number of hydrogen-bond acceptors (Lipinski definition) is 5. The summed E-state index contributed by atoms with van der Waals surface area (Å²) in [4.78, 5) is 23.4. The lowest BCUT2D eigenvalue weighted by Crippen LogP contribution is -2.00. The van der Waals surface area contributed by atoms with Gasteiger partial charge in [0.25, 0.3) is 5.69 Å². The number of benzene rings is 2. The zero-order valence-corrected chi connectivity index (χ0v) is 13.3. The van der Waals surface area contributed by atoms with E-state index in [4.69, 9.17) is 0 Å². The number of carbonyl (C=O) groups excluding carboxylic acids is 1. The normalized spacial score (nSPS) is 10.2. The molecule has 0 spiro atoms. The maximum atomic E-state index is 11.3. The Morgan fingerprint density at radius 3 is 2.33 bits per heavy atom. The molecule has 0 radical (unpaired) electrons. The van der Waals surface area contributed by atoms with Crippen LogP contribution in [0.3, 0.4) is 0 Å². The molecule has 108 valence electrons. The molecule has 0 amide bonds. The van der Waals surface area contributed by atoms with Gasteiger partial charge in [-0.05, 0) is 52.3 Å². The number of ether oxygens (including phenoxy) is 1. The van der Waals surface area contributed by atoms with Crippen molar-refractivity contribution >= 4 is 39.3 Å². The highest BCUT2D eigenvalue weighted by Crippen LogP contribution is 2.33. The third-order valence-corrected chi connectivity index (χ3v) is 4.26. The quantitative estimate of drug-likeness (QED) is 0.457. The number of nitro groups is 1. The standard InChI is InChI=1S/C14H10BrNO4S/c1-20-14(17)9-2-4-10(5-3-9)21-11-6-7-13(16(18)19)12(15)8-11/h2-8H,1H3. The summed E-state index contributed by atoms with van der Waals surface area (Å²) in [5, 5.41) is 10.7. The Morgan fingerprint density at radius 1 is 1.19 bits per heavy atom. The number of carbonyl (C=O) groups is 1. The van der Waals surface area contributed by atoms with Crippen LogP contribution in [0.15, 0.2) is 56.7 Å². The maximum Gasteiger partial charge on any atom is 0.337 e. The first-order valence-electron chi connectivity index (χ1n) is 5.81. The molecule has 0 aliphatic heterocycles. The molecule has 5 nitrogen and oxygen atoms in total. The molecule has 21 heavy (non-hydrogen) atoms. The minimum absolute atomic E-state index is 0.0281. The number of nitrogens with zero attached hydrogens (tertiary/aromatic N) is 1. The van der Waals surface area contributed by atoms with E-state index < -0.39 is 4.92 Å². The predicted molar refractivity (Wildman–Crippen MR) is 82.7 cm³/mol. The van der Waals surface area contributed by atoms with E-state index in [1.54, 1.807) is 36.4 Å². The smallest absolute Gasteiger partial charge is 0.337 e. The first-order chi connectivity index (χ1) is 10.0. The Hall–Kier alpha value is -1.86. The molecule has 2 rings (SSSR count). The van der Waals surface area contributed by atoms with Gasteiger partial charge in [-0.3, -0.25) is 10.1 Å². The van der Waals surface area contributed by atoms with Crippen LogP contribution < -0.4 is 0 Å². The zero-order valence-electron chi connectivity index (χ0n) is 10.9. The fraction of sp³-hybridized carbons (Fsp3) is 0.0714. The van der Waals surface area contributed by atoms with Crippen LogP contribution in [0, 0.1) is 10.1 Å². The van der Waals surface area contributed by atoms with Crippen LogP contribution in [0.1, 0.15) is 10.4 Å². The average molecular weight is 368 g/mol. The number of hydrogen-bond donors (Lipinski definition) is 0. The van der Waals surface area contributed by atoms with E-state index in [0.717, 1.165) is 9.79 Å². The SMILES string of the molecule is COC(=O)c1ccc(Sc2ccc([N+](=O)[O-])c(Br)c2)cc1. The van der Waals surface area contributed by atoms with Gasteiger partial charge < -0.3 is 4.74 Å². The molecule has 0 unspecified atom stereocenters. The number of rotatable bonds is 4. The van der Waals surface area contributed by atoms with Gasteiger partial charge in [-0.25, -0.2) is 4.79 Å². The Morgan fingerprint density at radius 2 is 1.81 bits per heavy atom. The van der Waals surface area contributed by atoms with E-state index in [1.807, 2.05) is 0 Å². The second kappa shape index (κ2) is 6.73. The molecule has 7 heteroatoms. The van der Waals surface area contributed by atoms with Crippen LogP contribution in [0.25, 0.3) is 0 Å². The molecule has 0 saturated carbocycles. The number of nitro benzene ring substituents is 1. The van der Waals surface area contributed by atoms with E-state index in [9.17, 15) is 14.9 Å². The minimum atomic E-state index is -0.441. The first kappa shape index (κ1) is 15.5. The van der Waals surface area contributed by atoms with Crippen molar-refractivity contribution in [2.24, 2.45) is 0 Å². The highest BCUT2D eigenvalue weighted by molar-refractivity contribution is 9.10. The molecule has 0 aliphatic carbocycles. The van der Waals surface area contributed by atoms with Crippen molar-refractivity contribution in [3.8, 4) is 0 Å². The summed E-state index contributed by atoms with van der Waals surface area (Å²) in [6.07, 6.45) is 0. The van der Waals surface area contributed by atoms with Gasteiger partial charge >= 0.3 is 5.97 Å². The van der Waals surface area contributed by atoms with E-state index in [1.165, 1.54) is 24.9 Å². The van der Waals surface area contributed by atoms with Gasteiger partial charge in [0.1, 0.15) is 0 Å². The molecule has 2 aromatic carbocycles. The van der Waals surface area contributed by atoms with Crippen molar-refractivity contribution in [3.05, 3.63) is 62.6 Å². The summed E-state index contributed by atoms with van der Waals surface area (Å²) in [7, 11) is 1.33. The summed E-state index contributed by atoms with van der Waals surface area (Å²) >= 11 is 4.63. The summed E-state index contributed by atoms with van der Waals surface area (Å²) in [6, 6.07) is 11.8. The Bertz CT molecular complexity index is 688. The monoisotopic (exact) mass is 367 g/mol. The Kier molecular flexibility index (Phi) is 4.98.